The number of nitrogens with one attached hydrogen (secondary N) is 1. The molecule has 1 amide bonds. The molecule has 3 aromatic heterocycles. The fourth-order valence-electron chi connectivity index (χ4n) is 5.40. The zero-order chi connectivity index (χ0) is 30.1. The fraction of sp³-hybridized carbons (Fsp3) is 0.290. The zero-order valence-corrected chi connectivity index (χ0v) is 23.9. The van der Waals surface area contributed by atoms with Crippen LogP contribution in [-0.2, 0) is 22.6 Å². The summed E-state index contributed by atoms with van der Waals surface area (Å²) >= 11 is 0. The molecule has 0 unspecified atom stereocenters. The molecule has 0 atom stereocenters. The van der Waals surface area contributed by atoms with Crippen LogP contribution in [0.3, 0.4) is 0 Å². The van der Waals surface area contributed by atoms with Gasteiger partial charge in [0.25, 0.3) is 11.8 Å². The van der Waals surface area contributed by atoms with Gasteiger partial charge < -0.3 is 33.6 Å². The van der Waals surface area contributed by atoms with Crippen LogP contribution in [0.2, 0.25) is 0 Å². The summed E-state index contributed by atoms with van der Waals surface area (Å²) in [5.41, 5.74) is 3.19. The molecule has 222 valence electrons. The third kappa shape index (κ3) is 5.30. The number of amides is 1. The summed E-state index contributed by atoms with van der Waals surface area (Å²) in [6, 6.07) is 7.21. The molecule has 5 heterocycles. The summed E-state index contributed by atoms with van der Waals surface area (Å²) in [5.74, 6) is -0.618. The van der Waals surface area contributed by atoms with E-state index < -0.39 is 11.7 Å². The Labute approximate surface area is 245 Å². The quantitative estimate of drug-likeness (QED) is 0.329. The van der Waals surface area contributed by atoms with Crippen LogP contribution in [-0.4, -0.2) is 54.5 Å². The predicted octanol–water partition coefficient (Wildman–Crippen LogP) is 4.63. The largest absolute Gasteiger partial charge is 0.491 e. The molecule has 0 aliphatic carbocycles. The maximum absolute atomic E-state index is 15.3. The van der Waals surface area contributed by atoms with Gasteiger partial charge in [0.2, 0.25) is 5.43 Å². The van der Waals surface area contributed by atoms with Crippen molar-refractivity contribution in [1.29, 1.82) is 0 Å². The van der Waals surface area contributed by atoms with Crippen LogP contribution >= 0.6 is 0 Å². The first-order chi connectivity index (χ1) is 20.9. The number of halogens is 1. The van der Waals surface area contributed by atoms with Gasteiger partial charge in [-0.2, -0.15) is 0 Å². The van der Waals surface area contributed by atoms with E-state index in [0.29, 0.717) is 60.8 Å². The topological polar surface area (TPSA) is 123 Å². The first-order valence-electron chi connectivity index (χ1n) is 13.7. The number of aromatic nitrogens is 3. The molecule has 0 saturated heterocycles. The zero-order valence-electron chi connectivity index (χ0n) is 23.9. The number of pyridine rings is 3. The van der Waals surface area contributed by atoms with E-state index in [4.69, 9.17) is 23.7 Å². The minimum absolute atomic E-state index is 0.0212. The number of benzene rings is 1. The first kappa shape index (κ1) is 28.3. The Morgan fingerprint density at radius 3 is 2.67 bits per heavy atom. The molecule has 0 radical (unpaired) electrons. The number of anilines is 1. The van der Waals surface area contributed by atoms with E-state index in [1.807, 2.05) is 17.6 Å². The summed E-state index contributed by atoms with van der Waals surface area (Å²) in [7, 11) is 2.94. The van der Waals surface area contributed by atoms with Gasteiger partial charge in [0.15, 0.2) is 23.1 Å². The molecule has 0 bridgehead atoms. The van der Waals surface area contributed by atoms with Gasteiger partial charge in [-0.15, -0.1) is 0 Å². The van der Waals surface area contributed by atoms with Crippen LogP contribution < -0.4 is 25.0 Å². The Kier molecular flexibility index (Phi) is 7.78. The summed E-state index contributed by atoms with van der Waals surface area (Å²) in [4.78, 5) is 36.0. The molecular formula is C31H29FN4O7. The molecule has 2 aliphatic rings. The number of ether oxygens (including phenoxy) is 5. The highest BCUT2D eigenvalue weighted by atomic mass is 19.1. The molecule has 1 N–H and O–H groups in total. The Morgan fingerprint density at radius 1 is 1.07 bits per heavy atom. The van der Waals surface area contributed by atoms with E-state index in [0.717, 1.165) is 17.3 Å². The third-order valence-corrected chi connectivity index (χ3v) is 7.48. The van der Waals surface area contributed by atoms with Gasteiger partial charge in [-0.3, -0.25) is 14.6 Å². The minimum atomic E-state index is -0.734. The van der Waals surface area contributed by atoms with Crippen LogP contribution in [0.15, 0.2) is 47.4 Å². The lowest BCUT2D eigenvalue weighted by molar-refractivity contribution is 0.0799. The highest BCUT2D eigenvalue weighted by Gasteiger charge is 2.28. The van der Waals surface area contributed by atoms with Crippen LogP contribution in [0.25, 0.3) is 16.6 Å². The first-order valence-corrected chi connectivity index (χ1v) is 13.7. The van der Waals surface area contributed by atoms with E-state index in [2.05, 4.69) is 15.3 Å². The third-order valence-electron chi connectivity index (χ3n) is 7.48. The van der Waals surface area contributed by atoms with E-state index in [1.165, 1.54) is 32.5 Å². The molecule has 0 spiro atoms. The van der Waals surface area contributed by atoms with Crippen LogP contribution in [0, 0.1) is 12.7 Å². The molecule has 1 aromatic carbocycles. The smallest absolute Gasteiger partial charge is 0.261 e. The van der Waals surface area contributed by atoms with Crippen molar-refractivity contribution in [3.8, 4) is 23.1 Å². The second kappa shape index (κ2) is 11.8. The standard InChI is InChI=1S/C31H29FN4O7/c1-17-26(18-7-11-41-12-8-18)29(37)27(22-16-42-13-10-36(17)22)30(38)34-19-4-5-23(20(32)14-19)43-24-6-9-33-21-15-25(39-2)31(40-3)35-28(21)24/h4-7,9,14-15H,8,10-13,16H2,1-3H3,(H,34,38). The number of rotatable bonds is 7. The summed E-state index contributed by atoms with van der Waals surface area (Å²) in [6.07, 6.45) is 3.96. The number of methoxy groups -OCH3 is 2. The van der Waals surface area contributed by atoms with Crippen molar-refractivity contribution in [2.24, 2.45) is 0 Å². The fourth-order valence-corrected chi connectivity index (χ4v) is 5.40. The van der Waals surface area contributed by atoms with Crippen molar-refractivity contribution in [1.82, 2.24) is 14.5 Å². The van der Waals surface area contributed by atoms with Gasteiger partial charge in [0, 0.05) is 47.9 Å². The van der Waals surface area contributed by atoms with Crippen molar-refractivity contribution >= 4 is 28.2 Å². The average Bonchev–Trinajstić information content (AvgIpc) is 3.02. The van der Waals surface area contributed by atoms with Crippen LogP contribution in [0.1, 0.15) is 33.7 Å². The second-order valence-corrected chi connectivity index (χ2v) is 9.95. The van der Waals surface area contributed by atoms with Crippen LogP contribution in [0.4, 0.5) is 10.1 Å². The van der Waals surface area contributed by atoms with E-state index in [9.17, 15) is 9.59 Å². The minimum Gasteiger partial charge on any atom is -0.491 e. The summed E-state index contributed by atoms with van der Waals surface area (Å²) < 4.78 is 44.7. The number of nitrogens with zero attached hydrogens (tertiary/aromatic N) is 3. The van der Waals surface area contributed by atoms with E-state index in [1.54, 1.807) is 12.1 Å². The molecule has 12 heteroatoms. The van der Waals surface area contributed by atoms with Gasteiger partial charge in [-0.25, -0.2) is 9.37 Å². The molecule has 43 heavy (non-hydrogen) atoms. The Balaban J connectivity index is 1.30. The van der Waals surface area contributed by atoms with Crippen molar-refractivity contribution in [2.45, 2.75) is 26.5 Å². The number of carbonyl (C=O) groups excluding carboxylic acids is 1. The lowest BCUT2D eigenvalue weighted by Crippen LogP contribution is -2.34. The van der Waals surface area contributed by atoms with Gasteiger partial charge in [0.1, 0.15) is 11.1 Å². The number of fused-ring (bicyclic) bond motifs is 2. The normalized spacial score (nSPS) is 14.6. The summed E-state index contributed by atoms with van der Waals surface area (Å²) in [5, 5.41) is 2.69. The molecule has 6 rings (SSSR count). The molecule has 2 aliphatic heterocycles. The monoisotopic (exact) mass is 588 g/mol. The number of hydrogen-bond donors (Lipinski definition) is 1. The van der Waals surface area contributed by atoms with E-state index >= 15 is 4.39 Å². The highest BCUT2D eigenvalue weighted by molar-refractivity contribution is 6.05. The molecular weight excluding hydrogens is 559 g/mol. The van der Waals surface area contributed by atoms with Crippen molar-refractivity contribution in [3.05, 3.63) is 81.2 Å². The molecule has 0 fully saturated rings. The Hall–Kier alpha value is -4.81. The van der Waals surface area contributed by atoms with Gasteiger partial charge in [-0.1, -0.05) is 6.08 Å². The maximum atomic E-state index is 15.3. The molecule has 0 saturated carbocycles. The average molecular weight is 589 g/mol. The lowest BCUT2D eigenvalue weighted by atomic mass is 9.95. The van der Waals surface area contributed by atoms with Crippen molar-refractivity contribution in [3.63, 3.8) is 0 Å². The van der Waals surface area contributed by atoms with Gasteiger partial charge >= 0.3 is 0 Å². The predicted molar refractivity (Wildman–Crippen MR) is 156 cm³/mol. The summed E-state index contributed by atoms with van der Waals surface area (Å²) in [6.45, 7) is 3.88. The molecule has 4 aromatic rings. The van der Waals surface area contributed by atoms with Crippen molar-refractivity contribution in [2.75, 3.05) is 39.4 Å². The van der Waals surface area contributed by atoms with Gasteiger partial charge in [-0.05, 0) is 31.1 Å². The van der Waals surface area contributed by atoms with Crippen molar-refractivity contribution < 1.29 is 32.9 Å². The van der Waals surface area contributed by atoms with E-state index in [-0.39, 0.29) is 40.7 Å². The number of carbonyl (C=O) groups is 1. The Morgan fingerprint density at radius 2 is 1.93 bits per heavy atom. The second-order valence-electron chi connectivity index (χ2n) is 9.95. The lowest BCUT2D eigenvalue weighted by Gasteiger charge is -2.27. The number of hydrogen-bond acceptors (Lipinski definition) is 9. The SMILES string of the molecule is COc1cc2nccc(Oc3ccc(NC(=O)c4c5n(c(C)c(C6=CCOCC6)c4=O)CCOC5)cc3F)c2nc1OC. The molecule has 11 nitrogen and oxygen atoms in total. The Bertz CT molecular complexity index is 1840. The maximum Gasteiger partial charge on any atom is 0.261 e. The highest BCUT2D eigenvalue weighted by Crippen LogP contribution is 2.35. The van der Waals surface area contributed by atoms with Crippen LogP contribution in [0.5, 0.6) is 23.1 Å². The van der Waals surface area contributed by atoms with Gasteiger partial charge in [0.05, 0.1) is 51.9 Å².